The predicted molar refractivity (Wildman–Crippen MR) is 137 cm³/mol. The molecule has 2 heterocycles. The molecule has 0 aromatic heterocycles. The second kappa shape index (κ2) is 12.8. The molecule has 0 saturated carbocycles. The number of halogens is 2. The summed E-state index contributed by atoms with van der Waals surface area (Å²) < 4.78 is 17.4. The Morgan fingerprint density at radius 1 is 1.09 bits per heavy atom. The summed E-state index contributed by atoms with van der Waals surface area (Å²) in [5.74, 6) is 2.36. The molecular weight excluding hydrogens is 506 g/mol. The van der Waals surface area contributed by atoms with Crippen LogP contribution < -0.4 is 9.47 Å². The van der Waals surface area contributed by atoms with Crippen LogP contribution in [0.25, 0.3) is 0 Å². The summed E-state index contributed by atoms with van der Waals surface area (Å²) in [4.78, 5) is 2.56. The van der Waals surface area contributed by atoms with Gasteiger partial charge >= 0.3 is 0 Å². The van der Waals surface area contributed by atoms with Gasteiger partial charge in [0.1, 0.15) is 24.2 Å². The summed E-state index contributed by atoms with van der Waals surface area (Å²) in [7, 11) is 1.69. The largest absolute Gasteiger partial charge is 0.490 e. The van der Waals surface area contributed by atoms with Crippen LogP contribution in [-0.4, -0.2) is 50.0 Å². The lowest BCUT2D eigenvalue weighted by molar-refractivity contribution is 0.146. The van der Waals surface area contributed by atoms with Crippen LogP contribution in [0.5, 0.6) is 11.5 Å². The molecule has 1 fully saturated rings. The van der Waals surface area contributed by atoms with Crippen molar-refractivity contribution in [1.82, 2.24) is 4.90 Å². The lowest BCUT2D eigenvalue weighted by atomic mass is 9.90. The molecule has 2 aromatic rings. The van der Waals surface area contributed by atoms with Crippen LogP contribution in [0, 0.1) is 5.92 Å². The number of methoxy groups -OCH3 is 1. The van der Waals surface area contributed by atoms with Gasteiger partial charge in [-0.2, -0.15) is 0 Å². The molecular formula is C26H33BrClNO4. The first-order valence-corrected chi connectivity index (χ1v) is 12.2. The molecule has 2 aromatic carbocycles. The van der Waals surface area contributed by atoms with Crippen molar-refractivity contribution in [2.24, 2.45) is 5.92 Å². The third-order valence-electron chi connectivity index (χ3n) is 6.34. The minimum Gasteiger partial charge on any atom is -0.490 e. The van der Waals surface area contributed by atoms with E-state index in [1.165, 1.54) is 24.0 Å². The Hall–Kier alpha value is -1.57. The summed E-state index contributed by atoms with van der Waals surface area (Å²) in [6, 6.07) is 12.6. The Kier molecular flexibility index (Phi) is 10.1. The average molecular weight is 539 g/mol. The Labute approximate surface area is 211 Å². The van der Waals surface area contributed by atoms with E-state index in [4.69, 9.17) is 14.2 Å². The number of benzene rings is 2. The highest BCUT2D eigenvalue weighted by atomic mass is 79.9. The van der Waals surface area contributed by atoms with E-state index < -0.39 is 6.10 Å². The monoisotopic (exact) mass is 537 g/mol. The van der Waals surface area contributed by atoms with Crippen molar-refractivity contribution in [2.75, 3.05) is 40.0 Å². The molecule has 1 atom stereocenters. The highest BCUT2D eigenvalue weighted by Gasteiger charge is 2.20. The van der Waals surface area contributed by atoms with Gasteiger partial charge in [0.25, 0.3) is 0 Å². The quantitative estimate of drug-likeness (QED) is 0.437. The third-order valence-corrected chi connectivity index (χ3v) is 6.99. The molecule has 180 valence electrons. The molecule has 1 unspecified atom stereocenters. The van der Waals surface area contributed by atoms with E-state index in [9.17, 15) is 5.11 Å². The van der Waals surface area contributed by atoms with Gasteiger partial charge in [0, 0.05) is 19.2 Å². The van der Waals surface area contributed by atoms with Crippen LogP contribution in [0.3, 0.4) is 0 Å². The number of piperidine rings is 1. The van der Waals surface area contributed by atoms with Gasteiger partial charge in [-0.25, -0.2) is 0 Å². The maximum Gasteiger partial charge on any atom is 0.133 e. The SMILES string of the molecule is COCCOc1cc(CC2CCN(CCc3ccc4c(c3)C(O)C=CO4)CC2)ccc1Br.Cl. The smallest absolute Gasteiger partial charge is 0.133 e. The molecule has 0 spiro atoms. The number of aliphatic hydroxyl groups excluding tert-OH is 1. The highest BCUT2D eigenvalue weighted by molar-refractivity contribution is 9.10. The van der Waals surface area contributed by atoms with Gasteiger partial charge in [0.2, 0.25) is 0 Å². The van der Waals surface area contributed by atoms with Gasteiger partial charge < -0.3 is 24.2 Å². The van der Waals surface area contributed by atoms with Crippen molar-refractivity contribution < 1.29 is 19.3 Å². The standard InChI is InChI=1S/C26H32BrNO4.ClH/c1-30-14-15-32-26-18-21(2-4-23(26)27)16-20-7-11-28(12-8-20)10-6-19-3-5-25-22(17-19)24(29)9-13-31-25;/h2-5,9,13,17-18,20,24,29H,6-8,10-12,14-16H2,1H3;1H. The predicted octanol–water partition coefficient (Wildman–Crippen LogP) is 5.33. The molecule has 4 rings (SSSR count). The van der Waals surface area contributed by atoms with Crippen LogP contribution in [0.4, 0.5) is 0 Å². The second-order valence-electron chi connectivity index (χ2n) is 8.61. The van der Waals surface area contributed by atoms with Crippen LogP contribution in [0.2, 0.25) is 0 Å². The molecule has 1 N–H and O–H groups in total. The topological polar surface area (TPSA) is 51.2 Å². The first-order chi connectivity index (χ1) is 15.6. The van der Waals surface area contributed by atoms with E-state index in [0.717, 1.165) is 54.0 Å². The Morgan fingerprint density at radius 3 is 2.67 bits per heavy atom. The molecule has 2 aliphatic rings. The number of ether oxygens (including phenoxy) is 3. The van der Waals surface area contributed by atoms with Gasteiger partial charge in [-0.3, -0.25) is 0 Å². The van der Waals surface area contributed by atoms with Crippen molar-refractivity contribution in [3.8, 4) is 11.5 Å². The molecule has 0 bridgehead atoms. The third kappa shape index (κ3) is 7.20. The van der Waals surface area contributed by atoms with Gasteiger partial charge in [0.15, 0.2) is 0 Å². The van der Waals surface area contributed by atoms with Crippen molar-refractivity contribution >= 4 is 28.3 Å². The average Bonchev–Trinajstić information content (AvgIpc) is 2.81. The fourth-order valence-corrected chi connectivity index (χ4v) is 4.80. The van der Waals surface area contributed by atoms with E-state index >= 15 is 0 Å². The Morgan fingerprint density at radius 2 is 1.88 bits per heavy atom. The molecule has 7 heteroatoms. The second-order valence-corrected chi connectivity index (χ2v) is 9.46. The summed E-state index contributed by atoms with van der Waals surface area (Å²) in [5.41, 5.74) is 3.45. The van der Waals surface area contributed by atoms with Gasteiger partial charge in [-0.15, -0.1) is 12.4 Å². The molecule has 33 heavy (non-hydrogen) atoms. The minimum absolute atomic E-state index is 0. The van der Waals surface area contributed by atoms with Gasteiger partial charge in [-0.1, -0.05) is 12.1 Å². The van der Waals surface area contributed by atoms with Crippen LogP contribution in [0.1, 0.15) is 35.6 Å². The molecule has 2 aliphatic heterocycles. The highest BCUT2D eigenvalue weighted by Crippen LogP contribution is 2.32. The molecule has 0 amide bonds. The fraction of sp³-hybridized carbons (Fsp3) is 0.462. The number of aliphatic hydroxyl groups is 1. The lowest BCUT2D eigenvalue weighted by Gasteiger charge is -2.32. The zero-order valence-corrected chi connectivity index (χ0v) is 21.4. The number of hydrogen-bond donors (Lipinski definition) is 1. The summed E-state index contributed by atoms with van der Waals surface area (Å²) in [6.45, 7) is 4.47. The Balaban J connectivity index is 0.00000306. The number of likely N-dealkylation sites (tertiary alicyclic amines) is 1. The normalized spacial score (nSPS) is 18.3. The first-order valence-electron chi connectivity index (χ1n) is 11.4. The van der Waals surface area contributed by atoms with Crippen LogP contribution in [-0.2, 0) is 17.6 Å². The van der Waals surface area contributed by atoms with E-state index in [1.54, 1.807) is 19.4 Å². The van der Waals surface area contributed by atoms with Crippen LogP contribution in [0.15, 0.2) is 53.2 Å². The summed E-state index contributed by atoms with van der Waals surface area (Å²) in [6.07, 6.45) is 7.19. The van der Waals surface area contributed by atoms with E-state index in [-0.39, 0.29) is 12.4 Å². The van der Waals surface area contributed by atoms with Crippen molar-refractivity contribution in [3.05, 3.63) is 69.9 Å². The number of hydrogen-bond acceptors (Lipinski definition) is 5. The van der Waals surface area contributed by atoms with Gasteiger partial charge in [-0.05, 0) is 102 Å². The summed E-state index contributed by atoms with van der Waals surface area (Å²) in [5, 5.41) is 10.1. The maximum atomic E-state index is 10.1. The van der Waals surface area contributed by atoms with Crippen LogP contribution >= 0.6 is 28.3 Å². The zero-order chi connectivity index (χ0) is 22.3. The van der Waals surface area contributed by atoms with E-state index in [2.05, 4.69) is 51.2 Å². The molecule has 1 saturated heterocycles. The number of rotatable bonds is 9. The number of nitrogens with zero attached hydrogens (tertiary/aromatic N) is 1. The number of fused-ring (bicyclic) bond motifs is 1. The van der Waals surface area contributed by atoms with E-state index in [0.29, 0.717) is 19.1 Å². The van der Waals surface area contributed by atoms with Crippen molar-refractivity contribution in [3.63, 3.8) is 0 Å². The lowest BCUT2D eigenvalue weighted by Crippen LogP contribution is -2.35. The first kappa shape index (κ1) is 26.0. The van der Waals surface area contributed by atoms with Gasteiger partial charge in [0.05, 0.1) is 17.3 Å². The molecule has 0 radical (unpaired) electrons. The molecule has 0 aliphatic carbocycles. The maximum absolute atomic E-state index is 10.1. The Bertz CT molecular complexity index is 931. The zero-order valence-electron chi connectivity index (χ0n) is 19.0. The van der Waals surface area contributed by atoms with Crippen molar-refractivity contribution in [2.45, 2.75) is 31.8 Å². The fourth-order valence-electron chi connectivity index (χ4n) is 4.44. The summed E-state index contributed by atoms with van der Waals surface area (Å²) >= 11 is 3.58. The van der Waals surface area contributed by atoms with Crippen molar-refractivity contribution in [1.29, 1.82) is 0 Å². The minimum atomic E-state index is -0.570. The van der Waals surface area contributed by atoms with E-state index in [1.807, 2.05) is 6.07 Å². The molecule has 5 nitrogen and oxygen atoms in total.